The van der Waals surface area contributed by atoms with Crippen LogP contribution in [0.15, 0.2) is 24.3 Å². The van der Waals surface area contributed by atoms with Crippen LogP contribution in [-0.4, -0.2) is 35.8 Å². The molecule has 21 heavy (non-hydrogen) atoms. The second kappa shape index (κ2) is 6.72. The second-order valence-corrected chi connectivity index (χ2v) is 5.65. The molecule has 114 valence electrons. The summed E-state index contributed by atoms with van der Waals surface area (Å²) < 4.78 is 0. The molecular formula is C16H23N3O2. The lowest BCUT2D eigenvalue weighted by atomic mass is 10.0. The van der Waals surface area contributed by atoms with Crippen molar-refractivity contribution in [3.8, 4) is 0 Å². The van der Waals surface area contributed by atoms with E-state index in [1.807, 2.05) is 31.2 Å². The fourth-order valence-electron chi connectivity index (χ4n) is 2.50. The highest BCUT2D eigenvalue weighted by Gasteiger charge is 2.26. The molecule has 0 bridgehead atoms. The number of nitrogens with zero attached hydrogens (tertiary/aromatic N) is 1. The first-order valence-electron chi connectivity index (χ1n) is 7.40. The van der Waals surface area contributed by atoms with Gasteiger partial charge in [0.05, 0.1) is 0 Å². The minimum Gasteiger partial charge on any atom is -0.343 e. The van der Waals surface area contributed by atoms with E-state index in [1.165, 1.54) is 0 Å². The number of nitrogens with one attached hydrogen (secondary N) is 1. The third-order valence-corrected chi connectivity index (χ3v) is 3.87. The van der Waals surface area contributed by atoms with Crippen LogP contribution in [0.4, 0.5) is 0 Å². The molecule has 2 amide bonds. The summed E-state index contributed by atoms with van der Waals surface area (Å²) in [7, 11) is 0. The first-order chi connectivity index (χ1) is 9.99. The average molecular weight is 289 g/mol. The normalized spacial score (nSPS) is 17.4. The molecule has 5 nitrogen and oxygen atoms in total. The maximum absolute atomic E-state index is 12.2. The highest BCUT2D eigenvalue weighted by Crippen LogP contribution is 2.13. The molecule has 1 heterocycles. The lowest BCUT2D eigenvalue weighted by molar-refractivity contribution is -0.135. The highest BCUT2D eigenvalue weighted by molar-refractivity contribution is 5.90. The Balaban J connectivity index is 1.93. The van der Waals surface area contributed by atoms with Crippen molar-refractivity contribution >= 4 is 11.8 Å². The molecule has 1 fully saturated rings. The lowest BCUT2D eigenvalue weighted by Gasteiger charge is -2.22. The zero-order chi connectivity index (χ0) is 15.4. The fourth-order valence-corrected chi connectivity index (χ4v) is 2.50. The highest BCUT2D eigenvalue weighted by atomic mass is 16.2. The summed E-state index contributed by atoms with van der Waals surface area (Å²) in [6.45, 7) is 5.25. The fraction of sp³-hybridized carbons (Fsp3) is 0.500. The number of likely N-dealkylation sites (tertiary alicyclic amines) is 1. The van der Waals surface area contributed by atoms with Gasteiger partial charge in [0.1, 0.15) is 12.1 Å². The Labute approximate surface area is 125 Å². The van der Waals surface area contributed by atoms with Crippen LogP contribution < -0.4 is 11.1 Å². The van der Waals surface area contributed by atoms with E-state index in [0.717, 1.165) is 37.1 Å². The topological polar surface area (TPSA) is 75.4 Å². The number of carbonyl (C=O) groups excluding carboxylic acids is 2. The molecule has 0 saturated carbocycles. The van der Waals surface area contributed by atoms with Crippen molar-refractivity contribution in [2.75, 3.05) is 13.1 Å². The third kappa shape index (κ3) is 3.82. The van der Waals surface area contributed by atoms with Crippen molar-refractivity contribution in [3.63, 3.8) is 0 Å². The van der Waals surface area contributed by atoms with Gasteiger partial charge in [0.15, 0.2) is 0 Å². The smallest absolute Gasteiger partial charge is 0.244 e. The Morgan fingerprint density at radius 1 is 1.19 bits per heavy atom. The van der Waals surface area contributed by atoms with Crippen molar-refractivity contribution < 1.29 is 9.59 Å². The van der Waals surface area contributed by atoms with E-state index in [4.69, 9.17) is 5.73 Å². The minimum atomic E-state index is -0.751. The third-order valence-electron chi connectivity index (χ3n) is 3.87. The summed E-state index contributed by atoms with van der Waals surface area (Å²) in [6.07, 6.45) is 2.07. The molecule has 0 spiro atoms. The second-order valence-electron chi connectivity index (χ2n) is 5.65. The van der Waals surface area contributed by atoms with Crippen LogP contribution >= 0.6 is 0 Å². The number of carbonyl (C=O) groups is 2. The van der Waals surface area contributed by atoms with Gasteiger partial charge in [-0.05, 0) is 32.3 Å². The Morgan fingerprint density at radius 2 is 1.76 bits per heavy atom. The summed E-state index contributed by atoms with van der Waals surface area (Å²) >= 11 is 0. The molecule has 3 N–H and O–H groups in total. The Kier molecular flexibility index (Phi) is 4.96. The molecule has 1 saturated heterocycles. The van der Waals surface area contributed by atoms with Crippen LogP contribution in [-0.2, 0) is 9.59 Å². The Morgan fingerprint density at radius 3 is 2.33 bits per heavy atom. The van der Waals surface area contributed by atoms with Crippen molar-refractivity contribution in [2.45, 2.75) is 38.8 Å². The van der Waals surface area contributed by atoms with E-state index >= 15 is 0 Å². The van der Waals surface area contributed by atoms with Gasteiger partial charge < -0.3 is 16.0 Å². The quantitative estimate of drug-likeness (QED) is 0.872. The van der Waals surface area contributed by atoms with Gasteiger partial charge in [-0.25, -0.2) is 0 Å². The Hall–Kier alpha value is -1.88. The Bertz CT molecular complexity index is 507. The largest absolute Gasteiger partial charge is 0.343 e. The number of rotatable bonds is 4. The number of hydrogen-bond acceptors (Lipinski definition) is 3. The zero-order valence-electron chi connectivity index (χ0n) is 12.6. The SMILES string of the molecule is Cc1ccc(C(N)C(=O)NC(C)C(=O)N2CCCC2)cc1. The standard InChI is InChI=1S/C16H23N3O2/c1-11-5-7-13(8-6-11)14(17)15(20)18-12(2)16(21)19-9-3-4-10-19/h5-8,12,14H,3-4,9-10,17H2,1-2H3,(H,18,20). The molecule has 2 unspecified atom stereocenters. The van der Waals surface area contributed by atoms with Crippen LogP contribution in [0.5, 0.6) is 0 Å². The first kappa shape index (κ1) is 15.5. The van der Waals surface area contributed by atoms with Crippen molar-refractivity contribution in [3.05, 3.63) is 35.4 Å². The summed E-state index contributed by atoms with van der Waals surface area (Å²) in [4.78, 5) is 26.1. The molecule has 5 heteroatoms. The molecule has 0 radical (unpaired) electrons. The zero-order valence-corrected chi connectivity index (χ0v) is 12.6. The van der Waals surface area contributed by atoms with E-state index in [1.54, 1.807) is 11.8 Å². The molecular weight excluding hydrogens is 266 g/mol. The number of nitrogens with two attached hydrogens (primary N) is 1. The number of aryl methyl sites for hydroxylation is 1. The van der Waals surface area contributed by atoms with Crippen molar-refractivity contribution in [2.24, 2.45) is 5.73 Å². The number of hydrogen-bond donors (Lipinski definition) is 2. The summed E-state index contributed by atoms with van der Waals surface area (Å²) in [5.74, 6) is -0.351. The van der Waals surface area contributed by atoms with Crippen LogP contribution in [0, 0.1) is 6.92 Å². The molecule has 2 rings (SSSR count). The van der Waals surface area contributed by atoms with Gasteiger partial charge in [-0.2, -0.15) is 0 Å². The van der Waals surface area contributed by atoms with Gasteiger partial charge in [0.2, 0.25) is 11.8 Å². The summed E-state index contributed by atoms with van der Waals surface area (Å²) in [5, 5.41) is 2.71. The van der Waals surface area contributed by atoms with Crippen LogP contribution in [0.25, 0.3) is 0 Å². The van der Waals surface area contributed by atoms with E-state index in [2.05, 4.69) is 5.32 Å². The predicted octanol–water partition coefficient (Wildman–Crippen LogP) is 1.12. The first-order valence-corrected chi connectivity index (χ1v) is 7.40. The maximum Gasteiger partial charge on any atom is 0.244 e. The van der Waals surface area contributed by atoms with Crippen LogP contribution in [0.2, 0.25) is 0 Å². The number of amides is 2. The van der Waals surface area contributed by atoms with Gasteiger partial charge in [-0.1, -0.05) is 29.8 Å². The van der Waals surface area contributed by atoms with Gasteiger partial charge in [-0.3, -0.25) is 9.59 Å². The molecule has 2 atom stereocenters. The molecule has 0 aliphatic carbocycles. The molecule has 1 aliphatic heterocycles. The monoisotopic (exact) mass is 289 g/mol. The number of benzene rings is 1. The van der Waals surface area contributed by atoms with Gasteiger partial charge in [-0.15, -0.1) is 0 Å². The summed E-state index contributed by atoms with van der Waals surface area (Å²) in [6, 6.07) is 6.23. The van der Waals surface area contributed by atoms with E-state index in [0.29, 0.717) is 0 Å². The molecule has 1 aromatic carbocycles. The van der Waals surface area contributed by atoms with Crippen molar-refractivity contribution in [1.82, 2.24) is 10.2 Å². The van der Waals surface area contributed by atoms with Gasteiger partial charge >= 0.3 is 0 Å². The van der Waals surface area contributed by atoms with E-state index in [9.17, 15) is 9.59 Å². The predicted molar refractivity (Wildman–Crippen MR) is 81.5 cm³/mol. The van der Waals surface area contributed by atoms with E-state index < -0.39 is 12.1 Å². The van der Waals surface area contributed by atoms with E-state index in [-0.39, 0.29) is 11.8 Å². The summed E-state index contributed by atoms with van der Waals surface area (Å²) in [5.41, 5.74) is 7.82. The average Bonchev–Trinajstić information content (AvgIpc) is 3.00. The van der Waals surface area contributed by atoms with Crippen LogP contribution in [0.1, 0.15) is 36.9 Å². The molecule has 0 aromatic heterocycles. The van der Waals surface area contributed by atoms with Crippen molar-refractivity contribution in [1.29, 1.82) is 0 Å². The maximum atomic E-state index is 12.2. The van der Waals surface area contributed by atoms with Gasteiger partial charge in [0.25, 0.3) is 0 Å². The van der Waals surface area contributed by atoms with Gasteiger partial charge in [0, 0.05) is 13.1 Å². The lowest BCUT2D eigenvalue weighted by Crippen LogP contribution is -2.48. The molecule has 1 aromatic rings. The van der Waals surface area contributed by atoms with Crippen LogP contribution in [0.3, 0.4) is 0 Å². The minimum absolute atomic E-state index is 0.0306. The molecule has 1 aliphatic rings.